The van der Waals surface area contributed by atoms with Crippen LogP contribution < -0.4 is 0 Å². The van der Waals surface area contributed by atoms with Crippen LogP contribution in [-0.4, -0.2) is 35.9 Å². The first-order valence-electron chi connectivity index (χ1n) is 4.64. The van der Waals surface area contributed by atoms with Gasteiger partial charge in [0.15, 0.2) is 0 Å². The van der Waals surface area contributed by atoms with E-state index in [1.54, 1.807) is 11.8 Å². The van der Waals surface area contributed by atoms with Gasteiger partial charge in [-0.3, -0.25) is 9.18 Å². The van der Waals surface area contributed by atoms with Crippen molar-refractivity contribution in [2.45, 2.75) is 25.1 Å². The van der Waals surface area contributed by atoms with Crippen molar-refractivity contribution in [3.63, 3.8) is 0 Å². The topological polar surface area (TPSA) is 20.3 Å². The maximum atomic E-state index is 12.2. The molecule has 0 aromatic carbocycles. The molecule has 1 aliphatic rings. The summed E-state index contributed by atoms with van der Waals surface area (Å²) < 4.78 is 12.2. The highest BCUT2D eigenvalue weighted by atomic mass is 35.5. The van der Waals surface area contributed by atoms with Crippen LogP contribution in [0.2, 0.25) is 0 Å². The predicted molar refractivity (Wildman–Crippen MR) is 50.6 cm³/mol. The lowest BCUT2D eigenvalue weighted by molar-refractivity contribution is -0.131. The molecule has 1 amide bonds. The van der Waals surface area contributed by atoms with Crippen LogP contribution in [0.25, 0.3) is 0 Å². The first kappa shape index (κ1) is 10.8. The number of halogens is 2. The molecular formula is C9H15ClFNO. The van der Waals surface area contributed by atoms with Gasteiger partial charge in [-0.15, -0.1) is 11.6 Å². The molecule has 1 fully saturated rings. The average Bonchev–Trinajstić information content (AvgIpc) is 2.17. The number of likely N-dealkylation sites (tertiary alicyclic amines) is 1. The maximum absolute atomic E-state index is 12.2. The summed E-state index contributed by atoms with van der Waals surface area (Å²) in [6.45, 7) is 2.72. The van der Waals surface area contributed by atoms with E-state index in [2.05, 4.69) is 0 Å². The minimum Gasteiger partial charge on any atom is -0.341 e. The molecule has 76 valence electrons. The highest BCUT2D eigenvalue weighted by Gasteiger charge is 2.24. The zero-order valence-corrected chi connectivity index (χ0v) is 8.56. The summed E-state index contributed by atoms with van der Waals surface area (Å²) in [5, 5.41) is -0.457. The Morgan fingerprint density at radius 2 is 2.15 bits per heavy atom. The van der Waals surface area contributed by atoms with E-state index in [1.165, 1.54) is 0 Å². The lowest BCUT2D eigenvalue weighted by Gasteiger charge is -2.31. The quantitative estimate of drug-likeness (QED) is 0.633. The van der Waals surface area contributed by atoms with E-state index in [-0.39, 0.29) is 18.5 Å². The normalized spacial score (nSPS) is 21.6. The number of hydrogen-bond donors (Lipinski definition) is 0. The number of rotatable bonds is 2. The van der Waals surface area contributed by atoms with Crippen LogP contribution in [-0.2, 0) is 4.79 Å². The molecule has 4 heteroatoms. The number of alkyl halides is 2. The number of nitrogens with zero attached hydrogens (tertiary/aromatic N) is 1. The molecule has 0 N–H and O–H groups in total. The van der Waals surface area contributed by atoms with Crippen molar-refractivity contribution < 1.29 is 9.18 Å². The fourth-order valence-electron chi connectivity index (χ4n) is 1.56. The molecule has 0 aliphatic carbocycles. The van der Waals surface area contributed by atoms with Crippen LogP contribution >= 0.6 is 11.6 Å². The summed E-state index contributed by atoms with van der Waals surface area (Å²) in [7, 11) is 0. The molecule has 1 heterocycles. The van der Waals surface area contributed by atoms with Gasteiger partial charge >= 0.3 is 0 Å². The minimum atomic E-state index is -0.457. The van der Waals surface area contributed by atoms with Gasteiger partial charge in [0.05, 0.1) is 6.67 Å². The van der Waals surface area contributed by atoms with Gasteiger partial charge in [0.1, 0.15) is 5.38 Å². The Labute approximate surface area is 83.0 Å². The van der Waals surface area contributed by atoms with Crippen LogP contribution in [0.4, 0.5) is 4.39 Å². The molecular weight excluding hydrogens is 193 g/mol. The van der Waals surface area contributed by atoms with Crippen molar-refractivity contribution in [1.82, 2.24) is 4.90 Å². The molecule has 1 atom stereocenters. The zero-order valence-electron chi connectivity index (χ0n) is 7.80. The van der Waals surface area contributed by atoms with Gasteiger partial charge in [-0.1, -0.05) is 0 Å². The summed E-state index contributed by atoms with van der Waals surface area (Å²) in [5.74, 6) is 0.119. The number of carbonyl (C=O) groups excluding carboxylic acids is 1. The molecule has 1 aliphatic heterocycles. The summed E-state index contributed by atoms with van der Waals surface area (Å²) in [6, 6.07) is 0. The van der Waals surface area contributed by atoms with Crippen molar-refractivity contribution in [2.24, 2.45) is 5.92 Å². The van der Waals surface area contributed by atoms with Gasteiger partial charge in [-0.05, 0) is 25.7 Å². The summed E-state index contributed by atoms with van der Waals surface area (Å²) in [4.78, 5) is 13.1. The van der Waals surface area contributed by atoms with Crippen molar-refractivity contribution in [2.75, 3.05) is 19.8 Å². The summed E-state index contributed by atoms with van der Waals surface area (Å²) >= 11 is 5.67. The van der Waals surface area contributed by atoms with Crippen LogP contribution in [0.3, 0.4) is 0 Å². The van der Waals surface area contributed by atoms with Gasteiger partial charge < -0.3 is 4.90 Å². The van der Waals surface area contributed by atoms with Crippen LogP contribution in [0.5, 0.6) is 0 Å². The van der Waals surface area contributed by atoms with E-state index < -0.39 is 5.38 Å². The van der Waals surface area contributed by atoms with E-state index in [1.807, 2.05) is 0 Å². The van der Waals surface area contributed by atoms with Gasteiger partial charge in [0.25, 0.3) is 0 Å². The second-order valence-electron chi connectivity index (χ2n) is 3.54. The monoisotopic (exact) mass is 207 g/mol. The average molecular weight is 208 g/mol. The molecule has 13 heavy (non-hydrogen) atoms. The zero-order chi connectivity index (χ0) is 9.84. The van der Waals surface area contributed by atoms with Crippen LogP contribution in [0.15, 0.2) is 0 Å². The Morgan fingerprint density at radius 1 is 1.62 bits per heavy atom. The summed E-state index contributed by atoms with van der Waals surface area (Å²) in [5.41, 5.74) is 0. The molecule has 2 nitrogen and oxygen atoms in total. The van der Waals surface area contributed by atoms with Crippen molar-refractivity contribution >= 4 is 17.5 Å². The lowest BCUT2D eigenvalue weighted by Crippen LogP contribution is -2.41. The highest BCUT2D eigenvalue weighted by Crippen LogP contribution is 2.18. The van der Waals surface area contributed by atoms with E-state index in [4.69, 9.17) is 11.6 Å². The number of hydrogen-bond acceptors (Lipinski definition) is 1. The number of piperidine rings is 1. The Kier molecular flexibility index (Phi) is 3.97. The lowest BCUT2D eigenvalue weighted by atomic mass is 9.98. The van der Waals surface area contributed by atoms with E-state index in [0.29, 0.717) is 13.1 Å². The molecule has 0 aromatic heterocycles. The Hall–Kier alpha value is -0.310. The molecule has 1 saturated heterocycles. The maximum Gasteiger partial charge on any atom is 0.240 e. The third kappa shape index (κ3) is 2.83. The first-order chi connectivity index (χ1) is 6.15. The largest absolute Gasteiger partial charge is 0.341 e. The standard InChI is InChI=1S/C9H15ClFNO/c1-7(10)9(13)12-4-2-8(6-11)3-5-12/h7-8H,2-6H2,1H3/t7-/m1/s1. The van der Waals surface area contributed by atoms with Crippen LogP contribution in [0.1, 0.15) is 19.8 Å². The Morgan fingerprint density at radius 3 is 2.54 bits per heavy atom. The second kappa shape index (κ2) is 4.80. The third-order valence-electron chi connectivity index (χ3n) is 2.48. The molecule has 1 rings (SSSR count). The fraction of sp³-hybridized carbons (Fsp3) is 0.889. The van der Waals surface area contributed by atoms with Gasteiger partial charge in [0.2, 0.25) is 5.91 Å². The van der Waals surface area contributed by atoms with Crippen molar-refractivity contribution in [3.05, 3.63) is 0 Å². The van der Waals surface area contributed by atoms with E-state index >= 15 is 0 Å². The minimum absolute atomic E-state index is 0.0287. The SMILES string of the molecule is C[C@@H](Cl)C(=O)N1CCC(CF)CC1. The van der Waals surface area contributed by atoms with Gasteiger partial charge in [-0.2, -0.15) is 0 Å². The van der Waals surface area contributed by atoms with Gasteiger partial charge in [0, 0.05) is 13.1 Å². The second-order valence-corrected chi connectivity index (χ2v) is 4.19. The summed E-state index contributed by atoms with van der Waals surface area (Å²) in [6.07, 6.45) is 1.54. The van der Waals surface area contributed by atoms with E-state index in [9.17, 15) is 9.18 Å². The number of amides is 1. The first-order valence-corrected chi connectivity index (χ1v) is 5.07. The predicted octanol–water partition coefficient (Wildman–Crippen LogP) is 1.82. The highest BCUT2D eigenvalue weighted by molar-refractivity contribution is 6.30. The molecule has 0 bridgehead atoms. The number of carbonyl (C=O) groups is 1. The van der Waals surface area contributed by atoms with Crippen LogP contribution in [0, 0.1) is 5.92 Å². The fourth-order valence-corrected chi connectivity index (χ4v) is 1.70. The Bertz CT molecular complexity index is 178. The van der Waals surface area contributed by atoms with Crippen molar-refractivity contribution in [3.8, 4) is 0 Å². The molecule has 0 spiro atoms. The molecule has 0 radical (unpaired) electrons. The van der Waals surface area contributed by atoms with E-state index in [0.717, 1.165) is 12.8 Å². The third-order valence-corrected chi connectivity index (χ3v) is 2.67. The Balaban J connectivity index is 2.36. The smallest absolute Gasteiger partial charge is 0.240 e. The molecule has 0 unspecified atom stereocenters. The van der Waals surface area contributed by atoms with Crippen molar-refractivity contribution in [1.29, 1.82) is 0 Å². The molecule has 0 saturated carbocycles. The molecule has 0 aromatic rings. The van der Waals surface area contributed by atoms with Gasteiger partial charge in [-0.25, -0.2) is 0 Å².